The summed E-state index contributed by atoms with van der Waals surface area (Å²) in [5, 5.41) is 0. The number of unbranched alkanes of at least 4 members (excludes halogenated alkanes) is 7. The number of nitrogens with two attached hydrogens (primary N) is 1. The van der Waals surface area contributed by atoms with Crippen LogP contribution in [0.3, 0.4) is 0 Å². The molecule has 2 N–H and O–H groups in total. The summed E-state index contributed by atoms with van der Waals surface area (Å²) in [7, 11) is 0. The van der Waals surface area contributed by atoms with Gasteiger partial charge in [0.05, 0.1) is 0 Å². The van der Waals surface area contributed by atoms with E-state index in [4.69, 9.17) is 5.73 Å². The van der Waals surface area contributed by atoms with E-state index in [-0.39, 0.29) is 11.3 Å². The summed E-state index contributed by atoms with van der Waals surface area (Å²) in [6.45, 7) is 2.26. The molecule has 20 heavy (non-hydrogen) atoms. The van der Waals surface area contributed by atoms with Gasteiger partial charge < -0.3 is 5.73 Å². The molecule has 0 aromatic carbocycles. The topological polar surface area (TPSA) is 43.1 Å². The van der Waals surface area contributed by atoms with Gasteiger partial charge >= 0.3 is 0 Å². The second-order valence-electron chi connectivity index (χ2n) is 6.78. The Morgan fingerprint density at radius 1 is 0.850 bits per heavy atom. The maximum atomic E-state index is 11.9. The van der Waals surface area contributed by atoms with Crippen LogP contribution in [0.2, 0.25) is 0 Å². The summed E-state index contributed by atoms with van der Waals surface area (Å²) in [5.74, 6) is -0.0256. The summed E-state index contributed by atoms with van der Waals surface area (Å²) in [5.41, 5.74) is 5.57. The van der Waals surface area contributed by atoms with E-state index in [0.717, 1.165) is 19.3 Å². The lowest BCUT2D eigenvalue weighted by molar-refractivity contribution is -0.129. The van der Waals surface area contributed by atoms with Crippen LogP contribution in [0.25, 0.3) is 0 Å². The highest BCUT2D eigenvalue weighted by Gasteiger charge is 2.35. The van der Waals surface area contributed by atoms with Gasteiger partial charge in [-0.25, -0.2) is 0 Å². The van der Waals surface area contributed by atoms with Gasteiger partial charge in [-0.3, -0.25) is 4.79 Å². The number of carbonyl (C=O) groups excluding carboxylic acids is 1. The molecule has 0 saturated heterocycles. The molecule has 0 aliphatic heterocycles. The molecule has 0 radical (unpaired) electrons. The van der Waals surface area contributed by atoms with Crippen molar-refractivity contribution >= 4 is 5.91 Å². The van der Waals surface area contributed by atoms with Crippen molar-refractivity contribution in [3.63, 3.8) is 0 Å². The molecule has 118 valence electrons. The van der Waals surface area contributed by atoms with Gasteiger partial charge in [0, 0.05) is 5.41 Å². The molecule has 1 rings (SSSR count). The van der Waals surface area contributed by atoms with Crippen molar-refractivity contribution in [3.05, 3.63) is 0 Å². The van der Waals surface area contributed by atoms with Crippen molar-refractivity contribution in [2.45, 2.75) is 103 Å². The molecule has 1 aliphatic rings. The quantitative estimate of drug-likeness (QED) is 0.426. The molecule has 2 heteroatoms. The SMILES string of the molecule is CCCCCCCCCCC1(C(N)=O)CCCCCC1. The largest absolute Gasteiger partial charge is 0.369 e. The lowest BCUT2D eigenvalue weighted by atomic mass is 9.75. The van der Waals surface area contributed by atoms with Crippen molar-refractivity contribution in [1.29, 1.82) is 0 Å². The molecule has 1 saturated carbocycles. The summed E-state index contributed by atoms with van der Waals surface area (Å²) >= 11 is 0. The Balaban J connectivity index is 2.17. The first-order valence-electron chi connectivity index (χ1n) is 9.01. The lowest BCUT2D eigenvalue weighted by Crippen LogP contribution is -2.36. The Morgan fingerprint density at radius 2 is 1.35 bits per heavy atom. The molecule has 0 unspecified atom stereocenters. The lowest BCUT2D eigenvalue weighted by Gasteiger charge is -2.29. The van der Waals surface area contributed by atoms with Crippen LogP contribution < -0.4 is 5.73 Å². The molecule has 0 aromatic rings. The van der Waals surface area contributed by atoms with Gasteiger partial charge in [0.2, 0.25) is 5.91 Å². The normalized spacial score (nSPS) is 18.6. The van der Waals surface area contributed by atoms with Crippen LogP contribution in [0.4, 0.5) is 0 Å². The van der Waals surface area contributed by atoms with Gasteiger partial charge in [0.1, 0.15) is 0 Å². The van der Waals surface area contributed by atoms with Crippen molar-refractivity contribution in [2.24, 2.45) is 11.1 Å². The number of hydrogen-bond acceptors (Lipinski definition) is 1. The third kappa shape index (κ3) is 6.28. The number of hydrogen-bond donors (Lipinski definition) is 1. The van der Waals surface area contributed by atoms with Gasteiger partial charge in [-0.05, 0) is 19.3 Å². The third-order valence-electron chi connectivity index (χ3n) is 5.09. The maximum absolute atomic E-state index is 11.9. The molecular formula is C18H35NO. The highest BCUT2D eigenvalue weighted by atomic mass is 16.1. The molecule has 1 aliphatic carbocycles. The second kappa shape index (κ2) is 10.2. The molecule has 0 heterocycles. The van der Waals surface area contributed by atoms with Crippen LogP contribution in [0.1, 0.15) is 103 Å². The molecule has 0 aromatic heterocycles. The van der Waals surface area contributed by atoms with E-state index in [9.17, 15) is 4.79 Å². The Kier molecular flexibility index (Phi) is 8.97. The minimum atomic E-state index is -0.154. The fourth-order valence-electron chi connectivity index (χ4n) is 3.62. The summed E-state index contributed by atoms with van der Waals surface area (Å²) < 4.78 is 0. The molecule has 0 spiro atoms. The minimum Gasteiger partial charge on any atom is -0.369 e. The fourth-order valence-corrected chi connectivity index (χ4v) is 3.62. The average Bonchev–Trinajstić information content (AvgIpc) is 2.68. The van der Waals surface area contributed by atoms with Crippen LogP contribution in [-0.2, 0) is 4.79 Å². The highest BCUT2D eigenvalue weighted by Crippen LogP contribution is 2.39. The molecule has 1 fully saturated rings. The fraction of sp³-hybridized carbons (Fsp3) is 0.944. The first-order valence-corrected chi connectivity index (χ1v) is 9.01. The standard InChI is InChI=1S/C18H35NO/c1-2-3-4-5-6-7-8-11-14-18(17(19)20)15-12-9-10-13-16-18/h2-16H2,1H3,(H2,19,20). The summed E-state index contributed by atoms with van der Waals surface area (Å²) in [6.07, 6.45) is 18.7. The van der Waals surface area contributed by atoms with E-state index in [1.54, 1.807) is 0 Å². The third-order valence-corrected chi connectivity index (χ3v) is 5.09. The molecule has 0 bridgehead atoms. The van der Waals surface area contributed by atoms with Crippen LogP contribution >= 0.6 is 0 Å². The zero-order valence-corrected chi connectivity index (χ0v) is 13.6. The first kappa shape index (κ1) is 17.5. The van der Waals surface area contributed by atoms with E-state index in [1.807, 2.05) is 0 Å². The predicted octanol–water partition coefficient (Wildman–Crippen LogP) is 5.34. The molecular weight excluding hydrogens is 246 g/mol. The second-order valence-corrected chi connectivity index (χ2v) is 6.78. The minimum absolute atomic E-state index is 0.0256. The van der Waals surface area contributed by atoms with Gasteiger partial charge in [0.15, 0.2) is 0 Å². The summed E-state index contributed by atoms with van der Waals surface area (Å²) in [6, 6.07) is 0. The van der Waals surface area contributed by atoms with E-state index >= 15 is 0 Å². The number of primary amides is 1. The van der Waals surface area contributed by atoms with E-state index in [0.29, 0.717) is 0 Å². The Bertz CT molecular complexity index is 254. The molecule has 1 amide bonds. The smallest absolute Gasteiger partial charge is 0.223 e. The van der Waals surface area contributed by atoms with Crippen LogP contribution in [0.5, 0.6) is 0 Å². The maximum Gasteiger partial charge on any atom is 0.223 e. The molecule has 2 nitrogen and oxygen atoms in total. The van der Waals surface area contributed by atoms with E-state index in [2.05, 4.69) is 6.92 Å². The van der Waals surface area contributed by atoms with Crippen LogP contribution in [0, 0.1) is 5.41 Å². The van der Waals surface area contributed by atoms with Gasteiger partial charge in [-0.15, -0.1) is 0 Å². The number of amides is 1. The first-order chi connectivity index (χ1) is 9.71. The van der Waals surface area contributed by atoms with Gasteiger partial charge in [0.25, 0.3) is 0 Å². The Morgan fingerprint density at radius 3 is 1.85 bits per heavy atom. The van der Waals surface area contributed by atoms with Gasteiger partial charge in [-0.1, -0.05) is 84.0 Å². The van der Waals surface area contributed by atoms with Gasteiger partial charge in [-0.2, -0.15) is 0 Å². The highest BCUT2D eigenvalue weighted by molar-refractivity contribution is 5.80. The van der Waals surface area contributed by atoms with Crippen LogP contribution in [0.15, 0.2) is 0 Å². The summed E-state index contributed by atoms with van der Waals surface area (Å²) in [4.78, 5) is 11.9. The van der Waals surface area contributed by atoms with Crippen molar-refractivity contribution in [1.82, 2.24) is 0 Å². The molecule has 0 atom stereocenters. The zero-order chi connectivity index (χ0) is 14.7. The number of rotatable bonds is 10. The van der Waals surface area contributed by atoms with E-state index < -0.39 is 0 Å². The van der Waals surface area contributed by atoms with Crippen LogP contribution in [-0.4, -0.2) is 5.91 Å². The van der Waals surface area contributed by atoms with Crippen molar-refractivity contribution in [2.75, 3.05) is 0 Å². The van der Waals surface area contributed by atoms with Crippen molar-refractivity contribution in [3.8, 4) is 0 Å². The Labute approximate surface area is 125 Å². The zero-order valence-electron chi connectivity index (χ0n) is 13.6. The Hall–Kier alpha value is -0.530. The van der Waals surface area contributed by atoms with Crippen molar-refractivity contribution < 1.29 is 4.79 Å². The van der Waals surface area contributed by atoms with E-state index in [1.165, 1.54) is 77.0 Å². The monoisotopic (exact) mass is 281 g/mol. The predicted molar refractivity (Wildman–Crippen MR) is 86.6 cm³/mol. The average molecular weight is 281 g/mol. The number of carbonyl (C=O) groups is 1.